The molecule has 1 N–H and O–H groups in total. The van der Waals surface area contributed by atoms with Gasteiger partial charge in [-0.1, -0.05) is 26.2 Å². The zero-order chi connectivity index (χ0) is 15.8. The summed E-state index contributed by atoms with van der Waals surface area (Å²) in [7, 11) is 0. The van der Waals surface area contributed by atoms with Crippen molar-refractivity contribution in [3.8, 4) is 0 Å². The third kappa shape index (κ3) is 5.17. The molecule has 0 heterocycles. The van der Waals surface area contributed by atoms with Gasteiger partial charge in [0.25, 0.3) is 0 Å². The number of carbonyl (C=O) groups is 2. The topological polar surface area (TPSA) is 55.4 Å². The van der Waals surface area contributed by atoms with Crippen molar-refractivity contribution in [2.75, 3.05) is 11.9 Å². The van der Waals surface area contributed by atoms with Crippen molar-refractivity contribution in [2.24, 2.45) is 5.92 Å². The van der Waals surface area contributed by atoms with Crippen LogP contribution in [0.4, 0.5) is 5.69 Å². The minimum Gasteiger partial charge on any atom is -0.462 e. The van der Waals surface area contributed by atoms with E-state index < -0.39 is 0 Å². The molecule has 0 bridgehead atoms. The Bertz CT molecular complexity index is 490. The van der Waals surface area contributed by atoms with Gasteiger partial charge in [-0.2, -0.15) is 0 Å². The number of ether oxygens (including phenoxy) is 1. The first-order valence-corrected chi connectivity index (χ1v) is 8.26. The van der Waals surface area contributed by atoms with Crippen molar-refractivity contribution < 1.29 is 14.3 Å². The SMILES string of the molecule is CCCOC(=O)c1ccc(NC(=O)CC2CCCCC2)cc1. The second-order valence-electron chi connectivity index (χ2n) is 5.97. The molecular weight excluding hydrogens is 278 g/mol. The molecule has 0 aromatic heterocycles. The lowest BCUT2D eigenvalue weighted by Gasteiger charge is -2.20. The first-order valence-electron chi connectivity index (χ1n) is 8.26. The highest BCUT2D eigenvalue weighted by Crippen LogP contribution is 2.26. The smallest absolute Gasteiger partial charge is 0.338 e. The summed E-state index contributed by atoms with van der Waals surface area (Å²) in [5, 5.41) is 2.91. The molecule has 120 valence electrons. The molecule has 1 saturated carbocycles. The van der Waals surface area contributed by atoms with Gasteiger partial charge in [0.1, 0.15) is 0 Å². The highest BCUT2D eigenvalue weighted by Gasteiger charge is 2.17. The van der Waals surface area contributed by atoms with Crippen LogP contribution in [0, 0.1) is 5.92 Å². The minimum atomic E-state index is -0.318. The van der Waals surface area contributed by atoms with Gasteiger partial charge in [-0.05, 0) is 49.4 Å². The third-order valence-corrected chi connectivity index (χ3v) is 4.04. The predicted molar refractivity (Wildman–Crippen MR) is 86.8 cm³/mol. The van der Waals surface area contributed by atoms with Crippen LogP contribution in [0.25, 0.3) is 0 Å². The molecular formula is C18H25NO3. The van der Waals surface area contributed by atoms with Gasteiger partial charge in [-0.25, -0.2) is 4.79 Å². The molecule has 0 unspecified atom stereocenters. The summed E-state index contributed by atoms with van der Waals surface area (Å²) in [5.41, 5.74) is 1.24. The largest absolute Gasteiger partial charge is 0.462 e. The monoisotopic (exact) mass is 303 g/mol. The number of esters is 1. The van der Waals surface area contributed by atoms with E-state index in [1.807, 2.05) is 6.92 Å². The fourth-order valence-electron chi connectivity index (χ4n) is 2.83. The molecule has 1 aliphatic carbocycles. The summed E-state index contributed by atoms with van der Waals surface area (Å²) in [6.07, 6.45) is 7.51. The fourth-order valence-corrected chi connectivity index (χ4v) is 2.83. The van der Waals surface area contributed by atoms with Gasteiger partial charge in [0.05, 0.1) is 12.2 Å². The Hall–Kier alpha value is -1.84. The maximum atomic E-state index is 12.0. The van der Waals surface area contributed by atoms with Crippen LogP contribution >= 0.6 is 0 Å². The Kier molecular flexibility index (Phi) is 6.44. The first kappa shape index (κ1) is 16.5. The van der Waals surface area contributed by atoms with Crippen LogP contribution < -0.4 is 5.32 Å². The first-order chi connectivity index (χ1) is 10.7. The molecule has 1 aromatic carbocycles. The van der Waals surface area contributed by atoms with Crippen LogP contribution in [0.2, 0.25) is 0 Å². The van der Waals surface area contributed by atoms with Crippen LogP contribution in [-0.4, -0.2) is 18.5 Å². The number of amides is 1. The van der Waals surface area contributed by atoms with Crippen molar-refractivity contribution in [3.63, 3.8) is 0 Å². The fraction of sp³-hybridized carbons (Fsp3) is 0.556. The number of anilines is 1. The molecule has 4 heteroatoms. The van der Waals surface area contributed by atoms with Gasteiger partial charge in [-0.15, -0.1) is 0 Å². The zero-order valence-corrected chi connectivity index (χ0v) is 13.3. The average Bonchev–Trinajstić information content (AvgIpc) is 2.54. The van der Waals surface area contributed by atoms with E-state index in [0.717, 1.165) is 24.9 Å². The van der Waals surface area contributed by atoms with E-state index in [2.05, 4.69) is 5.32 Å². The number of nitrogens with one attached hydrogen (secondary N) is 1. The Labute approximate surface area is 132 Å². The molecule has 1 aromatic rings. The highest BCUT2D eigenvalue weighted by atomic mass is 16.5. The molecule has 0 saturated heterocycles. The van der Waals surface area contributed by atoms with Crippen LogP contribution in [0.3, 0.4) is 0 Å². The maximum Gasteiger partial charge on any atom is 0.338 e. The lowest BCUT2D eigenvalue weighted by molar-refractivity contribution is -0.117. The van der Waals surface area contributed by atoms with Crippen LogP contribution in [0.15, 0.2) is 24.3 Å². The lowest BCUT2D eigenvalue weighted by Crippen LogP contribution is -2.18. The third-order valence-electron chi connectivity index (χ3n) is 4.04. The van der Waals surface area contributed by atoms with Gasteiger partial charge >= 0.3 is 5.97 Å². The van der Waals surface area contributed by atoms with E-state index in [4.69, 9.17) is 4.74 Å². The van der Waals surface area contributed by atoms with Crippen molar-refractivity contribution in [3.05, 3.63) is 29.8 Å². The predicted octanol–water partition coefficient (Wildman–Crippen LogP) is 4.16. The number of rotatable bonds is 6. The summed E-state index contributed by atoms with van der Waals surface area (Å²) in [6.45, 7) is 2.39. The highest BCUT2D eigenvalue weighted by molar-refractivity contribution is 5.93. The van der Waals surface area contributed by atoms with E-state index in [1.54, 1.807) is 24.3 Å². The van der Waals surface area contributed by atoms with E-state index in [-0.39, 0.29) is 11.9 Å². The maximum absolute atomic E-state index is 12.0. The standard InChI is InChI=1S/C18H25NO3/c1-2-12-22-18(21)15-8-10-16(11-9-15)19-17(20)13-14-6-4-3-5-7-14/h8-11,14H,2-7,12-13H2,1H3,(H,19,20). The molecule has 1 amide bonds. The number of hydrogen-bond donors (Lipinski definition) is 1. The van der Waals surface area contributed by atoms with Crippen molar-refractivity contribution in [1.82, 2.24) is 0 Å². The number of carbonyl (C=O) groups excluding carboxylic acids is 2. The van der Waals surface area contributed by atoms with E-state index in [1.165, 1.54) is 19.3 Å². The van der Waals surface area contributed by atoms with Crippen molar-refractivity contribution in [2.45, 2.75) is 51.9 Å². The Morgan fingerprint density at radius 3 is 2.45 bits per heavy atom. The Balaban J connectivity index is 1.82. The Morgan fingerprint density at radius 2 is 1.82 bits per heavy atom. The average molecular weight is 303 g/mol. The summed E-state index contributed by atoms with van der Waals surface area (Å²) in [6, 6.07) is 6.88. The van der Waals surface area contributed by atoms with Crippen LogP contribution in [0.1, 0.15) is 62.2 Å². The van der Waals surface area contributed by atoms with E-state index >= 15 is 0 Å². The zero-order valence-electron chi connectivity index (χ0n) is 13.3. The summed E-state index contributed by atoms with van der Waals surface area (Å²) >= 11 is 0. The van der Waals surface area contributed by atoms with Crippen LogP contribution in [0.5, 0.6) is 0 Å². The quantitative estimate of drug-likeness (QED) is 0.803. The minimum absolute atomic E-state index is 0.0632. The Morgan fingerprint density at radius 1 is 1.14 bits per heavy atom. The molecule has 22 heavy (non-hydrogen) atoms. The van der Waals surface area contributed by atoms with Gasteiger partial charge in [0, 0.05) is 12.1 Å². The molecule has 1 aliphatic rings. The second kappa shape index (κ2) is 8.57. The molecule has 0 radical (unpaired) electrons. The molecule has 0 aliphatic heterocycles. The molecule has 1 fully saturated rings. The van der Waals surface area contributed by atoms with Gasteiger partial charge in [0.2, 0.25) is 5.91 Å². The normalized spacial score (nSPS) is 15.3. The summed E-state index contributed by atoms with van der Waals surface area (Å²) in [5.74, 6) is 0.271. The van der Waals surface area contributed by atoms with Crippen LogP contribution in [-0.2, 0) is 9.53 Å². The van der Waals surface area contributed by atoms with E-state index in [0.29, 0.717) is 24.5 Å². The van der Waals surface area contributed by atoms with Crippen molar-refractivity contribution >= 4 is 17.6 Å². The molecule has 4 nitrogen and oxygen atoms in total. The van der Waals surface area contributed by atoms with Gasteiger partial charge in [-0.3, -0.25) is 4.79 Å². The van der Waals surface area contributed by atoms with Crippen molar-refractivity contribution in [1.29, 1.82) is 0 Å². The molecule has 0 spiro atoms. The molecule has 2 rings (SSSR count). The second-order valence-corrected chi connectivity index (χ2v) is 5.97. The molecule has 0 atom stereocenters. The summed E-state index contributed by atoms with van der Waals surface area (Å²) < 4.78 is 5.07. The van der Waals surface area contributed by atoms with E-state index in [9.17, 15) is 9.59 Å². The van der Waals surface area contributed by atoms with Gasteiger partial charge < -0.3 is 10.1 Å². The summed E-state index contributed by atoms with van der Waals surface area (Å²) in [4.78, 5) is 23.7. The lowest BCUT2D eigenvalue weighted by atomic mass is 9.87. The van der Waals surface area contributed by atoms with Gasteiger partial charge in [0.15, 0.2) is 0 Å². The number of hydrogen-bond acceptors (Lipinski definition) is 3. The number of benzene rings is 1.